The van der Waals surface area contributed by atoms with Gasteiger partial charge in [0.25, 0.3) is 11.6 Å². The van der Waals surface area contributed by atoms with Gasteiger partial charge in [0.2, 0.25) is 0 Å². The zero-order valence-electron chi connectivity index (χ0n) is 15.2. The van der Waals surface area contributed by atoms with E-state index in [9.17, 15) is 19.7 Å². The molecule has 0 fully saturated rings. The number of esters is 1. The zero-order valence-corrected chi connectivity index (χ0v) is 15.2. The highest BCUT2D eigenvalue weighted by atomic mass is 16.6. The van der Waals surface area contributed by atoms with Crippen molar-refractivity contribution in [2.45, 2.75) is 26.9 Å². The first-order chi connectivity index (χ1) is 12.8. The molecule has 0 aromatic heterocycles. The molecule has 142 valence electrons. The van der Waals surface area contributed by atoms with Gasteiger partial charge in [0, 0.05) is 6.07 Å². The van der Waals surface area contributed by atoms with E-state index in [1.165, 1.54) is 25.1 Å². The molecule has 0 saturated carbocycles. The van der Waals surface area contributed by atoms with Crippen LogP contribution in [0.3, 0.4) is 0 Å². The number of rotatable bonds is 7. The van der Waals surface area contributed by atoms with Crippen LogP contribution in [-0.4, -0.2) is 29.5 Å². The summed E-state index contributed by atoms with van der Waals surface area (Å²) < 4.78 is 10.5. The Kier molecular flexibility index (Phi) is 6.48. The van der Waals surface area contributed by atoms with E-state index >= 15 is 0 Å². The Bertz CT molecular complexity index is 845. The van der Waals surface area contributed by atoms with Crippen molar-refractivity contribution >= 4 is 23.3 Å². The lowest BCUT2D eigenvalue weighted by Crippen LogP contribution is -2.32. The number of ether oxygens (including phenoxy) is 2. The van der Waals surface area contributed by atoms with Gasteiger partial charge in [-0.15, -0.1) is 0 Å². The number of nitrogens with one attached hydrogen (secondary N) is 1. The number of benzene rings is 2. The van der Waals surface area contributed by atoms with E-state index in [1.807, 2.05) is 32.0 Å². The van der Waals surface area contributed by atoms with Crippen LogP contribution in [0, 0.1) is 24.0 Å². The Morgan fingerprint density at radius 3 is 2.37 bits per heavy atom. The summed E-state index contributed by atoms with van der Waals surface area (Å²) in [5, 5.41) is 13.4. The molecule has 0 radical (unpaired) electrons. The molecule has 1 atom stereocenters. The fraction of sp³-hybridized carbons (Fsp3) is 0.263. The maximum absolute atomic E-state index is 12.2. The Labute approximate surface area is 156 Å². The van der Waals surface area contributed by atoms with Crippen LogP contribution in [0.1, 0.15) is 18.1 Å². The summed E-state index contributed by atoms with van der Waals surface area (Å²) in [6, 6.07) is 11.3. The summed E-state index contributed by atoms with van der Waals surface area (Å²) in [5.41, 5.74) is 1.54. The minimum Gasteiger partial charge on any atom is -0.481 e. The van der Waals surface area contributed by atoms with Crippen LogP contribution in [0.15, 0.2) is 42.5 Å². The second-order valence-corrected chi connectivity index (χ2v) is 5.91. The van der Waals surface area contributed by atoms with Gasteiger partial charge in [0.05, 0.1) is 4.92 Å². The van der Waals surface area contributed by atoms with Gasteiger partial charge in [-0.05, 0) is 38.0 Å². The molecule has 0 saturated heterocycles. The van der Waals surface area contributed by atoms with E-state index in [1.54, 1.807) is 6.07 Å². The number of carbonyl (C=O) groups is 2. The molecule has 2 rings (SSSR count). The van der Waals surface area contributed by atoms with Crippen molar-refractivity contribution < 1.29 is 24.0 Å². The number of nitro groups is 1. The molecular formula is C19H20N2O6. The van der Waals surface area contributed by atoms with Gasteiger partial charge in [0.15, 0.2) is 12.7 Å². The molecule has 1 N–H and O–H groups in total. The predicted octanol–water partition coefficient (Wildman–Crippen LogP) is 3.16. The summed E-state index contributed by atoms with van der Waals surface area (Å²) in [5.74, 6) is -0.806. The number of hydrogen-bond donors (Lipinski definition) is 1. The SMILES string of the molecule is Cc1cccc(C)c1OCC(=O)O[C@H](C)C(=O)Nc1ccccc1[N+](=O)[O-]. The Hall–Kier alpha value is -3.42. The van der Waals surface area contributed by atoms with Crippen LogP contribution < -0.4 is 10.1 Å². The molecule has 0 aliphatic carbocycles. The van der Waals surface area contributed by atoms with Gasteiger partial charge in [-0.2, -0.15) is 0 Å². The fourth-order valence-electron chi connectivity index (χ4n) is 2.42. The summed E-state index contributed by atoms with van der Waals surface area (Å²) >= 11 is 0. The van der Waals surface area contributed by atoms with E-state index in [2.05, 4.69) is 5.32 Å². The Balaban J connectivity index is 1.92. The maximum Gasteiger partial charge on any atom is 0.344 e. The van der Waals surface area contributed by atoms with Gasteiger partial charge in [0.1, 0.15) is 11.4 Å². The lowest BCUT2D eigenvalue weighted by Gasteiger charge is -2.15. The first-order valence-electron chi connectivity index (χ1n) is 8.22. The molecular weight excluding hydrogens is 352 g/mol. The van der Waals surface area contributed by atoms with E-state index in [0.29, 0.717) is 5.75 Å². The van der Waals surface area contributed by atoms with Crippen LogP contribution in [0.25, 0.3) is 0 Å². The molecule has 8 heteroatoms. The number of aryl methyl sites for hydroxylation is 2. The predicted molar refractivity (Wildman–Crippen MR) is 98.7 cm³/mol. The van der Waals surface area contributed by atoms with Crippen molar-refractivity contribution in [1.82, 2.24) is 0 Å². The average molecular weight is 372 g/mol. The third-order valence-electron chi connectivity index (χ3n) is 3.78. The third kappa shape index (κ3) is 5.27. The minimum absolute atomic E-state index is 0.0298. The summed E-state index contributed by atoms with van der Waals surface area (Å²) in [7, 11) is 0. The molecule has 2 aromatic carbocycles. The van der Waals surface area contributed by atoms with Gasteiger partial charge in [-0.25, -0.2) is 4.79 Å². The molecule has 0 aliphatic heterocycles. The van der Waals surface area contributed by atoms with Crippen LogP contribution in [-0.2, 0) is 14.3 Å². The van der Waals surface area contributed by atoms with Gasteiger partial charge in [-0.3, -0.25) is 14.9 Å². The van der Waals surface area contributed by atoms with Crippen LogP contribution >= 0.6 is 0 Å². The lowest BCUT2D eigenvalue weighted by molar-refractivity contribution is -0.383. The quantitative estimate of drug-likeness (QED) is 0.454. The molecule has 0 spiro atoms. The highest BCUT2D eigenvalue weighted by Crippen LogP contribution is 2.24. The van der Waals surface area contributed by atoms with Crippen molar-refractivity contribution in [3.63, 3.8) is 0 Å². The average Bonchev–Trinajstić information content (AvgIpc) is 2.61. The second-order valence-electron chi connectivity index (χ2n) is 5.91. The Morgan fingerprint density at radius 1 is 1.11 bits per heavy atom. The molecule has 0 aliphatic rings. The molecule has 27 heavy (non-hydrogen) atoms. The highest BCUT2D eigenvalue weighted by Gasteiger charge is 2.22. The van der Waals surface area contributed by atoms with Crippen molar-refractivity contribution in [1.29, 1.82) is 0 Å². The number of nitrogens with zero attached hydrogens (tertiary/aromatic N) is 1. The topological polar surface area (TPSA) is 108 Å². The van der Waals surface area contributed by atoms with Crippen LogP contribution in [0.4, 0.5) is 11.4 Å². The molecule has 8 nitrogen and oxygen atoms in total. The first kappa shape index (κ1) is 19.9. The summed E-state index contributed by atoms with van der Waals surface area (Å²) in [6.07, 6.45) is -1.14. The molecule has 0 heterocycles. The lowest BCUT2D eigenvalue weighted by atomic mass is 10.1. The maximum atomic E-state index is 12.2. The number of carbonyl (C=O) groups excluding carboxylic acids is 2. The first-order valence-corrected chi connectivity index (χ1v) is 8.22. The van der Waals surface area contributed by atoms with E-state index < -0.39 is 22.9 Å². The van der Waals surface area contributed by atoms with Gasteiger partial charge in [-0.1, -0.05) is 30.3 Å². The molecule has 0 unspecified atom stereocenters. The number of para-hydroxylation sites is 3. The van der Waals surface area contributed by atoms with E-state index in [0.717, 1.165) is 11.1 Å². The van der Waals surface area contributed by atoms with Crippen molar-refractivity contribution in [2.24, 2.45) is 0 Å². The van der Waals surface area contributed by atoms with Gasteiger partial charge < -0.3 is 14.8 Å². The van der Waals surface area contributed by atoms with Crippen molar-refractivity contribution in [2.75, 3.05) is 11.9 Å². The van der Waals surface area contributed by atoms with Crippen LogP contribution in [0.2, 0.25) is 0 Å². The standard InChI is InChI=1S/C19H20N2O6/c1-12-7-6-8-13(2)18(12)26-11-17(22)27-14(3)19(23)20-15-9-4-5-10-16(15)21(24)25/h4-10,14H,11H2,1-3H3,(H,20,23)/t14-/m1/s1. The zero-order chi connectivity index (χ0) is 20.0. The molecule has 0 bridgehead atoms. The second kappa shape index (κ2) is 8.79. The van der Waals surface area contributed by atoms with E-state index in [4.69, 9.17) is 9.47 Å². The highest BCUT2D eigenvalue weighted by molar-refractivity contribution is 5.96. The molecule has 2 aromatic rings. The van der Waals surface area contributed by atoms with Crippen LogP contribution in [0.5, 0.6) is 5.75 Å². The van der Waals surface area contributed by atoms with Crippen molar-refractivity contribution in [3.8, 4) is 5.75 Å². The minimum atomic E-state index is -1.14. The number of hydrogen-bond acceptors (Lipinski definition) is 6. The smallest absolute Gasteiger partial charge is 0.344 e. The fourth-order valence-corrected chi connectivity index (χ4v) is 2.42. The largest absolute Gasteiger partial charge is 0.481 e. The summed E-state index contributed by atoms with van der Waals surface area (Å²) in [6.45, 7) is 4.74. The number of nitro benzene ring substituents is 1. The van der Waals surface area contributed by atoms with Gasteiger partial charge >= 0.3 is 5.97 Å². The number of amides is 1. The third-order valence-corrected chi connectivity index (χ3v) is 3.78. The monoisotopic (exact) mass is 372 g/mol. The Morgan fingerprint density at radius 2 is 1.74 bits per heavy atom. The molecule has 1 amide bonds. The van der Waals surface area contributed by atoms with E-state index in [-0.39, 0.29) is 18.0 Å². The summed E-state index contributed by atoms with van der Waals surface area (Å²) in [4.78, 5) is 34.5. The number of anilines is 1. The normalized spacial score (nSPS) is 11.4. The van der Waals surface area contributed by atoms with Crippen molar-refractivity contribution in [3.05, 3.63) is 63.7 Å².